The van der Waals surface area contributed by atoms with Crippen LogP contribution in [0, 0.1) is 0 Å². The number of aliphatic hydroxyl groups is 2. The van der Waals surface area contributed by atoms with Gasteiger partial charge in [0.15, 0.2) is 0 Å². The van der Waals surface area contributed by atoms with Gasteiger partial charge in [0.2, 0.25) is 5.91 Å². The third kappa shape index (κ3) is 41.1. The molecule has 0 spiro atoms. The minimum atomic E-state index is -0.782. The molecule has 0 rings (SSSR count). The van der Waals surface area contributed by atoms with Gasteiger partial charge >= 0.3 is 5.97 Å². The lowest BCUT2D eigenvalue weighted by molar-refractivity contribution is -0.151. The highest BCUT2D eigenvalue weighted by molar-refractivity contribution is 5.77. The molecule has 0 bridgehead atoms. The molecule has 1 amide bonds. The fourth-order valence-corrected chi connectivity index (χ4v) is 7.96. The van der Waals surface area contributed by atoms with Crippen LogP contribution in [-0.4, -0.2) is 46.9 Å². The number of rotatable bonds is 46. The van der Waals surface area contributed by atoms with Crippen LogP contribution >= 0.6 is 0 Å². The van der Waals surface area contributed by atoms with Gasteiger partial charge in [-0.1, -0.05) is 226 Å². The Hall–Kier alpha value is -1.40. The number of hydrogen-bond acceptors (Lipinski definition) is 5. The van der Waals surface area contributed by atoms with Crippen molar-refractivity contribution in [1.82, 2.24) is 5.32 Å². The third-order valence-electron chi connectivity index (χ3n) is 11.8. The van der Waals surface area contributed by atoms with Gasteiger partial charge < -0.3 is 20.3 Å². The molecule has 3 unspecified atom stereocenters. The number of unbranched alkanes of at least 4 members (excludes halogenated alkanes) is 32. The van der Waals surface area contributed by atoms with Gasteiger partial charge in [-0.25, -0.2) is 0 Å². The number of carbonyl (C=O) groups is 2. The Bertz CT molecular complexity index is 863. The first-order chi connectivity index (χ1) is 28.0. The number of allylic oxidation sites excluding steroid dienone is 2. The average molecular weight is 806 g/mol. The molecule has 0 radical (unpaired) electrons. The van der Waals surface area contributed by atoms with Gasteiger partial charge in [-0.3, -0.25) is 9.59 Å². The molecule has 0 saturated heterocycles. The molecule has 3 N–H and O–H groups in total. The summed E-state index contributed by atoms with van der Waals surface area (Å²) in [5.41, 5.74) is 0. The second-order valence-corrected chi connectivity index (χ2v) is 17.6. The van der Waals surface area contributed by atoms with Crippen molar-refractivity contribution in [3.63, 3.8) is 0 Å². The van der Waals surface area contributed by atoms with Gasteiger partial charge in [-0.15, -0.1) is 0 Å². The second-order valence-electron chi connectivity index (χ2n) is 17.6. The fraction of sp³-hybridized carbons (Fsp3) is 0.922. The van der Waals surface area contributed by atoms with Crippen molar-refractivity contribution in [1.29, 1.82) is 0 Å². The Morgan fingerprint density at radius 3 is 1.25 bits per heavy atom. The zero-order valence-electron chi connectivity index (χ0n) is 38.5. The van der Waals surface area contributed by atoms with Crippen molar-refractivity contribution < 1.29 is 24.5 Å². The van der Waals surface area contributed by atoms with E-state index >= 15 is 0 Å². The Kier molecular flexibility index (Phi) is 44.6. The molecule has 338 valence electrons. The van der Waals surface area contributed by atoms with Crippen LogP contribution < -0.4 is 5.32 Å². The summed E-state index contributed by atoms with van der Waals surface area (Å²) in [6.07, 6.45) is 49.9. The summed E-state index contributed by atoms with van der Waals surface area (Å²) in [5, 5.41) is 23.7. The Morgan fingerprint density at radius 1 is 0.491 bits per heavy atom. The lowest BCUT2D eigenvalue weighted by atomic mass is 10.0. The van der Waals surface area contributed by atoms with E-state index in [0.717, 1.165) is 51.4 Å². The van der Waals surface area contributed by atoms with Crippen molar-refractivity contribution in [2.24, 2.45) is 0 Å². The van der Waals surface area contributed by atoms with Crippen LogP contribution in [0.25, 0.3) is 0 Å². The van der Waals surface area contributed by atoms with Crippen molar-refractivity contribution in [3.05, 3.63) is 12.2 Å². The SMILES string of the molecule is CCCCCCCCC/C=C/CCCCCCCC(=O)OC(CCCCCCCCCC)CC(=O)NC(CO)C(O)CCCCCCCCCCCCCCCC. The van der Waals surface area contributed by atoms with Crippen LogP contribution in [0.15, 0.2) is 12.2 Å². The van der Waals surface area contributed by atoms with Gasteiger partial charge in [0.25, 0.3) is 0 Å². The number of esters is 1. The molecule has 0 aromatic carbocycles. The molecule has 0 aliphatic rings. The van der Waals surface area contributed by atoms with Gasteiger partial charge in [0.05, 0.1) is 25.2 Å². The number of aliphatic hydroxyl groups excluding tert-OH is 2. The summed E-state index contributed by atoms with van der Waals surface area (Å²) >= 11 is 0. The van der Waals surface area contributed by atoms with Crippen molar-refractivity contribution in [2.45, 2.75) is 296 Å². The Balaban J connectivity index is 4.40. The number of hydrogen-bond donors (Lipinski definition) is 3. The van der Waals surface area contributed by atoms with Crippen molar-refractivity contribution in [3.8, 4) is 0 Å². The summed E-state index contributed by atoms with van der Waals surface area (Å²) in [5.74, 6) is -0.472. The van der Waals surface area contributed by atoms with Gasteiger partial charge in [-0.2, -0.15) is 0 Å². The highest BCUT2D eigenvalue weighted by Gasteiger charge is 2.24. The van der Waals surface area contributed by atoms with Crippen molar-refractivity contribution >= 4 is 11.9 Å². The Labute approximate surface area is 355 Å². The minimum Gasteiger partial charge on any atom is -0.462 e. The topological polar surface area (TPSA) is 95.9 Å². The van der Waals surface area contributed by atoms with Crippen LogP contribution in [0.1, 0.15) is 278 Å². The molecule has 6 nitrogen and oxygen atoms in total. The van der Waals surface area contributed by atoms with Crippen LogP contribution in [-0.2, 0) is 14.3 Å². The molecule has 6 heteroatoms. The first kappa shape index (κ1) is 55.6. The zero-order chi connectivity index (χ0) is 41.7. The molecule has 0 aromatic rings. The summed E-state index contributed by atoms with van der Waals surface area (Å²) in [4.78, 5) is 26.0. The van der Waals surface area contributed by atoms with Crippen LogP contribution in [0.4, 0.5) is 0 Å². The van der Waals surface area contributed by atoms with E-state index in [4.69, 9.17) is 4.74 Å². The summed E-state index contributed by atoms with van der Waals surface area (Å²) in [6, 6.07) is -0.695. The molecule has 0 aromatic heterocycles. The van der Waals surface area contributed by atoms with E-state index in [1.54, 1.807) is 0 Å². The van der Waals surface area contributed by atoms with E-state index in [9.17, 15) is 19.8 Å². The lowest BCUT2D eigenvalue weighted by Gasteiger charge is -2.24. The highest BCUT2D eigenvalue weighted by Crippen LogP contribution is 2.18. The molecule has 0 aliphatic carbocycles. The normalized spacial score (nSPS) is 13.3. The quantitative estimate of drug-likeness (QED) is 0.0323. The molecular weight excluding hydrogens is 707 g/mol. The maximum atomic E-state index is 13.1. The van der Waals surface area contributed by atoms with Crippen LogP contribution in [0.3, 0.4) is 0 Å². The number of nitrogens with one attached hydrogen (secondary N) is 1. The molecule has 57 heavy (non-hydrogen) atoms. The molecule has 0 saturated carbocycles. The van der Waals surface area contributed by atoms with E-state index in [-0.39, 0.29) is 24.9 Å². The van der Waals surface area contributed by atoms with Crippen LogP contribution in [0.5, 0.6) is 0 Å². The first-order valence-electron chi connectivity index (χ1n) is 25.4. The van der Waals surface area contributed by atoms with Crippen molar-refractivity contribution in [2.75, 3.05) is 6.61 Å². The highest BCUT2D eigenvalue weighted by atomic mass is 16.5. The Morgan fingerprint density at radius 2 is 0.842 bits per heavy atom. The molecule has 0 fully saturated rings. The largest absolute Gasteiger partial charge is 0.462 e. The maximum Gasteiger partial charge on any atom is 0.306 e. The van der Waals surface area contributed by atoms with E-state index in [1.807, 2.05) is 0 Å². The van der Waals surface area contributed by atoms with E-state index < -0.39 is 18.2 Å². The predicted octanol–water partition coefficient (Wildman–Crippen LogP) is 15.0. The minimum absolute atomic E-state index is 0.0802. The lowest BCUT2D eigenvalue weighted by Crippen LogP contribution is -2.46. The van der Waals surface area contributed by atoms with Gasteiger partial charge in [0, 0.05) is 6.42 Å². The van der Waals surface area contributed by atoms with Gasteiger partial charge in [0.1, 0.15) is 6.10 Å². The van der Waals surface area contributed by atoms with E-state index in [1.165, 1.54) is 180 Å². The van der Waals surface area contributed by atoms with E-state index in [0.29, 0.717) is 19.3 Å². The zero-order valence-corrected chi connectivity index (χ0v) is 38.5. The summed E-state index contributed by atoms with van der Waals surface area (Å²) in [7, 11) is 0. The standard InChI is InChI=1S/C51H99NO5/c1-4-7-10-13-16-19-21-23-25-26-28-30-32-35-38-41-44-51(56)57-47(42-39-36-33-18-15-12-9-6-3)45-50(55)52-48(46-53)49(54)43-40-37-34-31-29-27-24-22-20-17-14-11-8-5-2/h25-26,47-49,53-54H,4-24,27-46H2,1-3H3,(H,52,55)/b26-25+. The smallest absolute Gasteiger partial charge is 0.306 e. The van der Waals surface area contributed by atoms with Gasteiger partial charge in [-0.05, 0) is 51.4 Å². The summed E-state index contributed by atoms with van der Waals surface area (Å²) < 4.78 is 5.90. The number of ether oxygens (including phenoxy) is 1. The molecular formula is C51H99NO5. The second kappa shape index (κ2) is 45.7. The maximum absolute atomic E-state index is 13.1. The summed E-state index contributed by atoms with van der Waals surface area (Å²) in [6.45, 7) is 6.47. The number of carbonyl (C=O) groups excluding carboxylic acids is 2. The average Bonchev–Trinajstić information content (AvgIpc) is 3.20. The molecule has 0 heterocycles. The molecule has 3 atom stereocenters. The number of amides is 1. The monoisotopic (exact) mass is 806 g/mol. The third-order valence-corrected chi connectivity index (χ3v) is 11.8. The predicted molar refractivity (Wildman–Crippen MR) is 246 cm³/mol. The van der Waals surface area contributed by atoms with Crippen LogP contribution in [0.2, 0.25) is 0 Å². The fourth-order valence-electron chi connectivity index (χ4n) is 7.96. The van der Waals surface area contributed by atoms with E-state index in [2.05, 4.69) is 38.2 Å². The molecule has 0 aliphatic heterocycles. The first-order valence-corrected chi connectivity index (χ1v) is 25.4.